The standard InChI is InChI=1S/C27H25N3O4S/c31-22-10-14-30-24(25(22)32)26(33)29-18-28(30)16-21-19(17-35-20-7-2-1-3-8-20)6-4-9-23(21)34-15-5-11-27(29)12-13-27/h1-11,14,32H,12-13,15-18H2/b11-5+. The number of benzene rings is 2. The summed E-state index contributed by atoms with van der Waals surface area (Å²) in [5.74, 6) is 0.718. The van der Waals surface area contributed by atoms with Crippen LogP contribution in [0.1, 0.15) is 34.5 Å². The van der Waals surface area contributed by atoms with Crippen LogP contribution in [0, 0.1) is 0 Å². The maximum absolute atomic E-state index is 13.5. The molecule has 1 saturated carbocycles. The molecule has 1 spiro atoms. The quantitative estimate of drug-likeness (QED) is 0.447. The first-order chi connectivity index (χ1) is 17.1. The smallest absolute Gasteiger partial charge is 0.278 e. The van der Waals surface area contributed by atoms with Crippen LogP contribution in [0.25, 0.3) is 0 Å². The summed E-state index contributed by atoms with van der Waals surface area (Å²) >= 11 is 1.75. The molecule has 2 aromatic carbocycles. The minimum atomic E-state index is -0.556. The van der Waals surface area contributed by atoms with Crippen molar-refractivity contribution in [1.82, 2.24) is 9.58 Å². The number of rotatable bonds is 3. The van der Waals surface area contributed by atoms with Gasteiger partial charge in [-0.15, -0.1) is 11.8 Å². The van der Waals surface area contributed by atoms with E-state index in [1.54, 1.807) is 27.5 Å². The van der Waals surface area contributed by atoms with Crippen molar-refractivity contribution in [2.75, 3.05) is 18.3 Å². The maximum atomic E-state index is 13.5. The summed E-state index contributed by atoms with van der Waals surface area (Å²) in [5, 5.41) is 12.6. The molecular weight excluding hydrogens is 462 g/mol. The van der Waals surface area contributed by atoms with Gasteiger partial charge in [0.05, 0.1) is 12.1 Å². The van der Waals surface area contributed by atoms with Crippen LogP contribution in [0.3, 0.4) is 0 Å². The normalized spacial score (nSPS) is 18.8. The maximum Gasteiger partial charge on any atom is 0.278 e. The van der Waals surface area contributed by atoms with Gasteiger partial charge in [-0.05, 0) is 42.7 Å². The lowest BCUT2D eigenvalue weighted by atomic mass is 10.1. The third kappa shape index (κ3) is 3.87. The first kappa shape index (κ1) is 21.9. The van der Waals surface area contributed by atoms with Crippen molar-refractivity contribution in [2.24, 2.45) is 0 Å². The molecule has 35 heavy (non-hydrogen) atoms. The van der Waals surface area contributed by atoms with Crippen molar-refractivity contribution in [3.63, 3.8) is 0 Å². The highest BCUT2D eigenvalue weighted by Gasteiger charge is 2.51. The van der Waals surface area contributed by atoms with Crippen LogP contribution < -0.4 is 15.2 Å². The Morgan fingerprint density at radius 3 is 2.66 bits per heavy atom. The molecule has 3 aromatic rings. The number of aromatic hydroxyl groups is 1. The van der Waals surface area contributed by atoms with Gasteiger partial charge in [0.25, 0.3) is 5.91 Å². The van der Waals surface area contributed by atoms with E-state index in [4.69, 9.17) is 4.74 Å². The second-order valence-electron chi connectivity index (χ2n) is 9.07. The summed E-state index contributed by atoms with van der Waals surface area (Å²) in [6, 6.07) is 17.6. The second-order valence-corrected chi connectivity index (χ2v) is 10.1. The molecule has 1 aromatic heterocycles. The van der Waals surface area contributed by atoms with Crippen LogP contribution in [0.5, 0.6) is 11.5 Å². The Kier molecular flexibility index (Phi) is 5.33. The van der Waals surface area contributed by atoms with Crippen LogP contribution in [-0.4, -0.2) is 39.4 Å². The van der Waals surface area contributed by atoms with E-state index >= 15 is 0 Å². The fourth-order valence-corrected chi connectivity index (χ4v) is 5.77. The minimum absolute atomic E-state index is 0.0151. The van der Waals surface area contributed by atoms with E-state index in [1.165, 1.54) is 11.0 Å². The molecule has 0 unspecified atom stereocenters. The van der Waals surface area contributed by atoms with Gasteiger partial charge in [-0.2, -0.15) is 0 Å². The third-order valence-electron chi connectivity index (χ3n) is 6.88. The average Bonchev–Trinajstić information content (AvgIpc) is 3.66. The summed E-state index contributed by atoms with van der Waals surface area (Å²) in [6.07, 6.45) is 7.26. The van der Waals surface area contributed by atoms with E-state index in [0.29, 0.717) is 19.8 Å². The van der Waals surface area contributed by atoms with Crippen molar-refractivity contribution < 1.29 is 14.6 Å². The molecule has 2 bridgehead atoms. The lowest BCUT2D eigenvalue weighted by molar-refractivity contribution is 0.0612. The predicted octanol–water partition coefficient (Wildman–Crippen LogP) is 3.88. The van der Waals surface area contributed by atoms with Crippen LogP contribution in [0.15, 0.2) is 82.6 Å². The van der Waals surface area contributed by atoms with Gasteiger partial charge in [-0.3, -0.25) is 19.3 Å². The Morgan fingerprint density at radius 1 is 1.03 bits per heavy atom. The Balaban J connectivity index is 1.44. The number of ether oxygens (including phenoxy) is 1. The first-order valence-corrected chi connectivity index (χ1v) is 12.7. The molecule has 0 radical (unpaired) electrons. The van der Waals surface area contributed by atoms with Crippen molar-refractivity contribution in [3.05, 3.63) is 100.0 Å². The lowest BCUT2D eigenvalue weighted by Crippen LogP contribution is -2.57. The van der Waals surface area contributed by atoms with E-state index in [0.717, 1.165) is 35.5 Å². The molecule has 1 aliphatic carbocycles. The molecule has 0 atom stereocenters. The molecule has 6 rings (SSSR count). The fourth-order valence-electron chi connectivity index (χ4n) is 4.83. The van der Waals surface area contributed by atoms with E-state index in [9.17, 15) is 14.7 Å². The van der Waals surface area contributed by atoms with Crippen LogP contribution in [0.4, 0.5) is 0 Å². The molecule has 1 N–H and O–H groups in total. The molecule has 2 aliphatic heterocycles. The average molecular weight is 488 g/mol. The summed E-state index contributed by atoms with van der Waals surface area (Å²) < 4.78 is 7.83. The van der Waals surface area contributed by atoms with Gasteiger partial charge < -0.3 is 14.7 Å². The van der Waals surface area contributed by atoms with Gasteiger partial charge in [-0.25, -0.2) is 0 Å². The van der Waals surface area contributed by atoms with Gasteiger partial charge >= 0.3 is 0 Å². The third-order valence-corrected chi connectivity index (χ3v) is 7.94. The predicted molar refractivity (Wildman–Crippen MR) is 134 cm³/mol. The number of fused-ring (bicyclic) bond motifs is 6. The van der Waals surface area contributed by atoms with Gasteiger partial charge in [-0.1, -0.05) is 36.4 Å². The number of aromatic nitrogens is 1. The first-order valence-electron chi connectivity index (χ1n) is 11.7. The number of hydrogen-bond acceptors (Lipinski definition) is 6. The number of amides is 1. The monoisotopic (exact) mass is 487 g/mol. The van der Waals surface area contributed by atoms with E-state index in [2.05, 4.69) is 18.2 Å². The number of thioether (sulfide) groups is 1. The molecular formula is C27H25N3O4S. The molecule has 3 aliphatic rings. The summed E-state index contributed by atoms with van der Waals surface area (Å²) in [5.41, 5.74) is 1.21. The Bertz CT molecular complexity index is 1380. The van der Waals surface area contributed by atoms with Crippen LogP contribution in [0.2, 0.25) is 0 Å². The SMILES string of the molecule is O=C1c2c(O)c(=O)ccn2N2Cc3c(CSc4ccccc4)cccc3OC/C=C/C3(CC3)N1C2. The number of nitrogens with zero attached hydrogens (tertiary/aromatic N) is 3. The molecule has 3 heterocycles. The van der Waals surface area contributed by atoms with Gasteiger partial charge in [0.1, 0.15) is 19.0 Å². The van der Waals surface area contributed by atoms with Crippen LogP contribution >= 0.6 is 11.8 Å². The Labute approximate surface area is 207 Å². The van der Waals surface area contributed by atoms with E-state index in [-0.39, 0.29) is 11.6 Å². The minimum Gasteiger partial charge on any atom is -0.502 e. The van der Waals surface area contributed by atoms with Crippen molar-refractivity contribution in [1.29, 1.82) is 0 Å². The molecule has 1 fully saturated rings. The Hall–Kier alpha value is -3.65. The zero-order chi connectivity index (χ0) is 24.0. The van der Waals surface area contributed by atoms with Gasteiger partial charge in [0.2, 0.25) is 5.43 Å². The zero-order valence-electron chi connectivity index (χ0n) is 19.1. The van der Waals surface area contributed by atoms with Crippen molar-refractivity contribution >= 4 is 17.7 Å². The lowest BCUT2D eigenvalue weighted by Gasteiger charge is -2.42. The van der Waals surface area contributed by atoms with Gasteiger partial charge in [0, 0.05) is 28.5 Å². The largest absolute Gasteiger partial charge is 0.502 e. The highest BCUT2D eigenvalue weighted by molar-refractivity contribution is 7.98. The molecule has 178 valence electrons. The number of carbonyl (C=O) groups excluding carboxylic acids is 1. The van der Waals surface area contributed by atoms with Crippen LogP contribution in [-0.2, 0) is 12.3 Å². The Morgan fingerprint density at radius 2 is 1.86 bits per heavy atom. The van der Waals surface area contributed by atoms with Crippen molar-refractivity contribution in [2.45, 2.75) is 35.6 Å². The highest BCUT2D eigenvalue weighted by Crippen LogP contribution is 2.45. The summed E-state index contributed by atoms with van der Waals surface area (Å²) in [6.45, 7) is 1.20. The topological polar surface area (TPSA) is 75.0 Å². The van der Waals surface area contributed by atoms with Crippen molar-refractivity contribution in [3.8, 4) is 11.5 Å². The second kappa shape index (κ2) is 8.53. The fraction of sp³-hybridized carbons (Fsp3) is 0.259. The van der Waals surface area contributed by atoms with E-state index < -0.39 is 16.7 Å². The number of pyridine rings is 1. The molecule has 7 nitrogen and oxygen atoms in total. The molecule has 8 heteroatoms. The number of carbonyl (C=O) groups is 1. The summed E-state index contributed by atoms with van der Waals surface area (Å²) in [4.78, 5) is 28.7. The summed E-state index contributed by atoms with van der Waals surface area (Å²) in [7, 11) is 0. The molecule has 1 amide bonds. The molecule has 0 saturated heterocycles. The van der Waals surface area contributed by atoms with E-state index in [1.807, 2.05) is 47.5 Å². The van der Waals surface area contributed by atoms with Gasteiger partial charge in [0.15, 0.2) is 11.4 Å². The number of hydrogen-bond donors (Lipinski definition) is 1. The highest BCUT2D eigenvalue weighted by atomic mass is 32.2. The zero-order valence-corrected chi connectivity index (χ0v) is 19.9.